The molecule has 10 heteroatoms. The summed E-state index contributed by atoms with van der Waals surface area (Å²) in [5.41, 5.74) is 1.68. The highest BCUT2D eigenvalue weighted by atomic mass is 32.2. The largest absolute Gasteiger partial charge is 0.489 e. The van der Waals surface area contributed by atoms with Gasteiger partial charge in [-0.3, -0.25) is 19.3 Å². The molecule has 0 bridgehead atoms. The number of para-hydroxylation sites is 2. The van der Waals surface area contributed by atoms with Crippen LogP contribution < -0.4 is 4.74 Å². The topological polar surface area (TPSA) is 81.1 Å². The van der Waals surface area contributed by atoms with Gasteiger partial charge >= 0.3 is 0 Å². The zero-order chi connectivity index (χ0) is 25.1. The molecule has 2 saturated heterocycles. The number of fused-ring (bicyclic) bond motifs is 1. The van der Waals surface area contributed by atoms with Crippen LogP contribution in [0.15, 0.2) is 59.6 Å². The minimum Gasteiger partial charge on any atom is -0.489 e. The number of benzene rings is 2. The van der Waals surface area contributed by atoms with E-state index in [0.29, 0.717) is 32.8 Å². The first-order valence-corrected chi connectivity index (χ1v) is 12.4. The van der Waals surface area contributed by atoms with Crippen LogP contribution in [0.25, 0.3) is 17.0 Å². The molecule has 2 aliphatic heterocycles. The van der Waals surface area contributed by atoms with Crippen LogP contribution >= 0.6 is 11.8 Å². The second-order valence-corrected chi connectivity index (χ2v) is 9.33. The van der Waals surface area contributed by atoms with Crippen LogP contribution in [0.2, 0.25) is 0 Å². The molecule has 0 radical (unpaired) electrons. The number of morpholine rings is 1. The first-order valence-electron chi connectivity index (χ1n) is 11.6. The molecule has 2 aliphatic rings. The maximum atomic E-state index is 13.9. The summed E-state index contributed by atoms with van der Waals surface area (Å²) in [4.78, 5) is 41.0. The Morgan fingerprint density at radius 3 is 2.64 bits per heavy atom. The normalized spacial score (nSPS) is 17.4. The molecule has 0 unspecified atom stereocenters. The Balaban J connectivity index is 1.32. The summed E-state index contributed by atoms with van der Waals surface area (Å²) < 4.78 is 26.7. The lowest BCUT2D eigenvalue weighted by atomic mass is 10.1. The maximum Gasteiger partial charge on any atom is 0.294 e. The molecule has 3 aromatic rings. The molecule has 2 aromatic carbocycles. The smallest absolute Gasteiger partial charge is 0.294 e. The van der Waals surface area contributed by atoms with Crippen LogP contribution in [-0.4, -0.2) is 70.9 Å². The quantitative estimate of drug-likeness (QED) is 0.452. The van der Waals surface area contributed by atoms with Crippen LogP contribution in [0.3, 0.4) is 0 Å². The van der Waals surface area contributed by atoms with Gasteiger partial charge in [0.2, 0.25) is 5.91 Å². The van der Waals surface area contributed by atoms with Crippen molar-refractivity contribution in [3.05, 3.63) is 71.0 Å². The van der Waals surface area contributed by atoms with Gasteiger partial charge in [0.25, 0.3) is 11.1 Å². The van der Waals surface area contributed by atoms with Gasteiger partial charge in [-0.2, -0.15) is 0 Å². The highest BCUT2D eigenvalue weighted by Gasteiger charge is 2.37. The molecule has 2 fully saturated rings. The molecule has 0 atom stereocenters. The molecule has 0 aliphatic carbocycles. The number of imide groups is 1. The first kappa shape index (κ1) is 24.1. The van der Waals surface area contributed by atoms with E-state index in [1.54, 1.807) is 29.2 Å². The highest BCUT2D eigenvalue weighted by molar-refractivity contribution is 8.18. The van der Waals surface area contributed by atoms with E-state index in [0.717, 1.165) is 33.1 Å². The van der Waals surface area contributed by atoms with Crippen molar-refractivity contribution in [2.75, 3.05) is 39.5 Å². The highest BCUT2D eigenvalue weighted by Crippen LogP contribution is 2.34. The number of amides is 3. The Morgan fingerprint density at radius 2 is 1.83 bits per heavy atom. The standard InChI is InChI=1S/C26H24FN3O5S/c27-20-6-2-4-8-22(20)35-14-11-29-16-18(19-5-1-3-7-21(19)29)15-23-25(32)30(26(33)36-23)17-24(31)28-9-12-34-13-10-28/h1-8,15-16H,9-14,17H2/b23-15-. The molecule has 3 heterocycles. The summed E-state index contributed by atoms with van der Waals surface area (Å²) >= 11 is 0.827. The fourth-order valence-corrected chi connectivity index (χ4v) is 5.05. The van der Waals surface area contributed by atoms with Gasteiger partial charge in [0, 0.05) is 35.8 Å². The Hall–Kier alpha value is -3.63. The minimum atomic E-state index is -0.480. The van der Waals surface area contributed by atoms with Gasteiger partial charge in [-0.05, 0) is 36.0 Å². The molecule has 0 saturated carbocycles. The van der Waals surface area contributed by atoms with E-state index in [9.17, 15) is 18.8 Å². The number of carbonyl (C=O) groups is 3. The van der Waals surface area contributed by atoms with Gasteiger partial charge in [0.05, 0.1) is 24.7 Å². The lowest BCUT2D eigenvalue weighted by molar-refractivity contribution is -0.139. The van der Waals surface area contributed by atoms with E-state index >= 15 is 0 Å². The summed E-state index contributed by atoms with van der Waals surface area (Å²) in [7, 11) is 0. The average Bonchev–Trinajstić information content (AvgIpc) is 3.37. The lowest BCUT2D eigenvalue weighted by Crippen LogP contribution is -2.46. The molecule has 5 rings (SSSR count). The average molecular weight is 510 g/mol. The van der Waals surface area contributed by atoms with Crippen molar-refractivity contribution in [1.29, 1.82) is 0 Å². The van der Waals surface area contributed by atoms with Crippen molar-refractivity contribution < 1.29 is 28.2 Å². The predicted molar refractivity (Wildman–Crippen MR) is 134 cm³/mol. The molecule has 3 amide bonds. The molecule has 8 nitrogen and oxygen atoms in total. The van der Waals surface area contributed by atoms with Gasteiger partial charge in [-0.15, -0.1) is 0 Å². The molecule has 0 N–H and O–H groups in total. The van der Waals surface area contributed by atoms with Crippen LogP contribution in [0, 0.1) is 5.82 Å². The van der Waals surface area contributed by atoms with Gasteiger partial charge < -0.3 is 18.9 Å². The summed E-state index contributed by atoms with van der Waals surface area (Å²) in [5, 5.41) is 0.439. The summed E-state index contributed by atoms with van der Waals surface area (Å²) in [6.45, 7) is 2.22. The number of rotatable bonds is 7. The van der Waals surface area contributed by atoms with Gasteiger partial charge in [0.1, 0.15) is 13.2 Å². The molecule has 1 aromatic heterocycles. The van der Waals surface area contributed by atoms with Gasteiger partial charge in [0.15, 0.2) is 11.6 Å². The van der Waals surface area contributed by atoms with E-state index < -0.39 is 17.0 Å². The van der Waals surface area contributed by atoms with E-state index in [-0.39, 0.29) is 29.7 Å². The number of carbonyl (C=O) groups excluding carboxylic acids is 3. The van der Waals surface area contributed by atoms with Crippen molar-refractivity contribution in [2.45, 2.75) is 6.54 Å². The van der Waals surface area contributed by atoms with E-state index in [4.69, 9.17) is 9.47 Å². The van der Waals surface area contributed by atoms with E-state index in [1.165, 1.54) is 6.07 Å². The number of hydrogen-bond donors (Lipinski definition) is 0. The van der Waals surface area contributed by atoms with Gasteiger partial charge in [-0.25, -0.2) is 4.39 Å². The number of halogens is 1. The Morgan fingerprint density at radius 1 is 1.08 bits per heavy atom. The van der Waals surface area contributed by atoms with Gasteiger partial charge in [-0.1, -0.05) is 30.3 Å². The summed E-state index contributed by atoms with van der Waals surface area (Å²) in [6.07, 6.45) is 3.56. The predicted octanol–water partition coefficient (Wildman–Crippen LogP) is 3.75. The van der Waals surface area contributed by atoms with Crippen molar-refractivity contribution in [3.8, 4) is 5.75 Å². The molecular formula is C26H24FN3O5S. The summed E-state index contributed by atoms with van der Waals surface area (Å²) in [5.74, 6) is -0.979. The third-order valence-electron chi connectivity index (χ3n) is 6.06. The van der Waals surface area contributed by atoms with Crippen LogP contribution in [0.1, 0.15) is 5.56 Å². The number of aromatic nitrogens is 1. The lowest BCUT2D eigenvalue weighted by Gasteiger charge is -2.28. The second-order valence-electron chi connectivity index (χ2n) is 8.33. The Labute approximate surface area is 211 Å². The SMILES string of the molecule is O=C(CN1C(=O)S/C(=C\c2cn(CCOc3ccccc3F)c3ccccc23)C1=O)N1CCOCC1. The zero-order valence-electron chi connectivity index (χ0n) is 19.4. The van der Waals surface area contributed by atoms with Crippen LogP contribution in [0.4, 0.5) is 9.18 Å². The van der Waals surface area contributed by atoms with Crippen LogP contribution in [-0.2, 0) is 20.9 Å². The second kappa shape index (κ2) is 10.5. The van der Waals surface area contributed by atoms with Crippen molar-refractivity contribution >= 4 is 45.8 Å². The number of thioether (sulfide) groups is 1. The van der Waals surface area contributed by atoms with Crippen molar-refractivity contribution in [3.63, 3.8) is 0 Å². The number of ether oxygens (including phenoxy) is 2. The molecule has 36 heavy (non-hydrogen) atoms. The van der Waals surface area contributed by atoms with E-state index in [1.807, 2.05) is 35.0 Å². The van der Waals surface area contributed by atoms with E-state index in [2.05, 4.69) is 0 Å². The van der Waals surface area contributed by atoms with Crippen LogP contribution in [0.5, 0.6) is 5.75 Å². The number of hydrogen-bond acceptors (Lipinski definition) is 6. The molecule has 186 valence electrons. The fraction of sp³-hybridized carbons (Fsp3) is 0.269. The Kier molecular flexibility index (Phi) is 7.06. The summed E-state index contributed by atoms with van der Waals surface area (Å²) in [6, 6.07) is 13.9. The third-order valence-corrected chi connectivity index (χ3v) is 6.97. The maximum absolute atomic E-state index is 13.9. The van der Waals surface area contributed by atoms with Crippen molar-refractivity contribution in [2.24, 2.45) is 0 Å². The first-order chi connectivity index (χ1) is 17.5. The number of nitrogens with zero attached hydrogens (tertiary/aromatic N) is 3. The Bertz CT molecular complexity index is 1350. The third kappa shape index (κ3) is 5.00. The monoisotopic (exact) mass is 509 g/mol. The molecular weight excluding hydrogens is 485 g/mol. The minimum absolute atomic E-state index is 0.189. The fourth-order valence-electron chi connectivity index (χ4n) is 4.22. The van der Waals surface area contributed by atoms with Crippen molar-refractivity contribution in [1.82, 2.24) is 14.4 Å². The molecule has 0 spiro atoms. The zero-order valence-corrected chi connectivity index (χ0v) is 20.2.